The summed E-state index contributed by atoms with van der Waals surface area (Å²) in [5, 5.41) is 25.1. The van der Waals surface area contributed by atoms with Gasteiger partial charge in [-0.2, -0.15) is 10.2 Å². The highest BCUT2D eigenvalue weighted by Crippen LogP contribution is 2.33. The van der Waals surface area contributed by atoms with Crippen molar-refractivity contribution in [1.29, 1.82) is 0 Å². The molecule has 1 unspecified atom stereocenters. The Bertz CT molecular complexity index is 1140. The van der Waals surface area contributed by atoms with Gasteiger partial charge in [0, 0.05) is 53.3 Å². The molecule has 1 aliphatic rings. The highest BCUT2D eigenvalue weighted by molar-refractivity contribution is 9.10. The van der Waals surface area contributed by atoms with Crippen LogP contribution in [0.3, 0.4) is 0 Å². The topological polar surface area (TPSA) is 98.5 Å². The van der Waals surface area contributed by atoms with Gasteiger partial charge in [-0.3, -0.25) is 14.3 Å². The van der Waals surface area contributed by atoms with Crippen LogP contribution in [0.2, 0.25) is 0 Å². The van der Waals surface area contributed by atoms with Gasteiger partial charge < -0.3 is 10.1 Å². The fraction of sp³-hybridized carbons (Fsp3) is 0.368. The lowest BCUT2D eigenvalue weighted by atomic mass is 10.1. The summed E-state index contributed by atoms with van der Waals surface area (Å²) in [5.74, 6) is 2.63. The first-order valence-corrected chi connectivity index (χ1v) is 10.4. The average molecular weight is 457 g/mol. The number of aryl methyl sites for hydroxylation is 1. The van der Waals surface area contributed by atoms with Crippen molar-refractivity contribution >= 4 is 38.6 Å². The third kappa shape index (κ3) is 3.53. The zero-order chi connectivity index (χ0) is 19.8. The lowest BCUT2D eigenvalue weighted by molar-refractivity contribution is 0.182. The third-order valence-corrected chi connectivity index (χ3v) is 5.64. The van der Waals surface area contributed by atoms with Crippen molar-refractivity contribution in [2.45, 2.75) is 26.4 Å². The van der Waals surface area contributed by atoms with E-state index < -0.39 is 0 Å². The Morgan fingerprint density at radius 1 is 1.34 bits per heavy atom. The number of rotatable bonds is 6. The van der Waals surface area contributed by atoms with Crippen LogP contribution in [-0.4, -0.2) is 48.0 Å². The molecule has 2 N–H and O–H groups in total. The minimum Gasteiger partial charge on any atom is -0.381 e. The van der Waals surface area contributed by atoms with Crippen LogP contribution in [0.25, 0.3) is 22.3 Å². The number of aromatic nitrogens is 7. The molecule has 3 aromatic heterocycles. The Morgan fingerprint density at radius 3 is 3.07 bits per heavy atom. The summed E-state index contributed by atoms with van der Waals surface area (Å²) in [6.07, 6.45) is 4.80. The molecular formula is C19H21BrN8O. The first kappa shape index (κ1) is 18.3. The number of nitrogens with zero attached hydrogens (tertiary/aromatic N) is 6. The molecule has 0 bridgehead atoms. The molecule has 10 heteroatoms. The van der Waals surface area contributed by atoms with Gasteiger partial charge in [-0.15, -0.1) is 10.2 Å². The standard InChI is InChI=1S/C19H21BrN8O/c1-2-27-5-3-17(26-27)22-19-25-24-18(28(19)10-12-4-6-29-11-12)14-7-13(20)8-16-15(14)9-21-23-16/h3,5,7-9,12H,2,4,6,10-11H2,1H3,(H,21,23)(H,22,25,26). The molecule has 0 saturated carbocycles. The SMILES string of the molecule is CCn1ccc(Nc2nnc(-c3cc(Br)cc4[nH]ncc34)n2CC2CCOC2)n1. The summed E-state index contributed by atoms with van der Waals surface area (Å²) in [4.78, 5) is 0. The molecule has 150 valence electrons. The Balaban J connectivity index is 1.58. The van der Waals surface area contributed by atoms with Crippen molar-refractivity contribution in [2.24, 2.45) is 5.92 Å². The zero-order valence-electron chi connectivity index (χ0n) is 16.0. The van der Waals surface area contributed by atoms with E-state index in [-0.39, 0.29) is 0 Å². The number of H-pyrrole nitrogens is 1. The van der Waals surface area contributed by atoms with Gasteiger partial charge >= 0.3 is 0 Å². The van der Waals surface area contributed by atoms with E-state index in [9.17, 15) is 0 Å². The molecule has 0 radical (unpaired) electrons. The Morgan fingerprint density at radius 2 is 2.28 bits per heavy atom. The fourth-order valence-corrected chi connectivity index (χ4v) is 4.13. The second-order valence-corrected chi connectivity index (χ2v) is 8.07. The maximum absolute atomic E-state index is 5.59. The van der Waals surface area contributed by atoms with E-state index >= 15 is 0 Å². The van der Waals surface area contributed by atoms with Gasteiger partial charge in [0.1, 0.15) is 0 Å². The first-order valence-electron chi connectivity index (χ1n) is 9.65. The van der Waals surface area contributed by atoms with E-state index in [0.717, 1.165) is 65.3 Å². The molecule has 5 rings (SSSR count). The number of nitrogens with one attached hydrogen (secondary N) is 2. The van der Waals surface area contributed by atoms with Crippen molar-refractivity contribution < 1.29 is 4.74 Å². The van der Waals surface area contributed by atoms with Crippen molar-refractivity contribution in [1.82, 2.24) is 34.7 Å². The molecule has 4 heterocycles. The molecule has 1 saturated heterocycles. The lowest BCUT2D eigenvalue weighted by Gasteiger charge is -2.15. The van der Waals surface area contributed by atoms with Crippen LogP contribution >= 0.6 is 15.9 Å². The first-order chi connectivity index (χ1) is 14.2. The molecule has 29 heavy (non-hydrogen) atoms. The maximum atomic E-state index is 5.59. The van der Waals surface area contributed by atoms with E-state index in [2.05, 4.69) is 64.3 Å². The van der Waals surface area contributed by atoms with Crippen LogP contribution in [0.1, 0.15) is 13.3 Å². The number of hydrogen-bond donors (Lipinski definition) is 2. The van der Waals surface area contributed by atoms with Gasteiger partial charge in [0.05, 0.1) is 18.3 Å². The van der Waals surface area contributed by atoms with E-state index in [4.69, 9.17) is 4.74 Å². The predicted octanol–water partition coefficient (Wildman–Crippen LogP) is 3.58. The van der Waals surface area contributed by atoms with Crippen LogP contribution in [0, 0.1) is 5.92 Å². The monoisotopic (exact) mass is 456 g/mol. The Kier molecular flexibility index (Phi) is 4.80. The molecule has 1 aliphatic heterocycles. The molecule has 1 atom stereocenters. The molecule has 4 aromatic rings. The smallest absolute Gasteiger partial charge is 0.230 e. The van der Waals surface area contributed by atoms with E-state index in [1.807, 2.05) is 29.2 Å². The lowest BCUT2D eigenvalue weighted by Crippen LogP contribution is -2.14. The quantitative estimate of drug-likeness (QED) is 0.459. The van der Waals surface area contributed by atoms with E-state index in [1.165, 1.54) is 0 Å². The zero-order valence-corrected chi connectivity index (χ0v) is 17.6. The van der Waals surface area contributed by atoms with Crippen LogP contribution in [0.5, 0.6) is 0 Å². The summed E-state index contributed by atoms with van der Waals surface area (Å²) in [7, 11) is 0. The summed E-state index contributed by atoms with van der Waals surface area (Å²) in [6, 6.07) is 6.00. The molecule has 1 aromatic carbocycles. The largest absolute Gasteiger partial charge is 0.381 e. The predicted molar refractivity (Wildman–Crippen MR) is 113 cm³/mol. The molecule has 0 amide bonds. The fourth-order valence-electron chi connectivity index (χ4n) is 3.67. The normalized spacial score (nSPS) is 16.7. The average Bonchev–Trinajstić information content (AvgIpc) is 3.50. The number of ether oxygens (including phenoxy) is 1. The second-order valence-electron chi connectivity index (χ2n) is 7.15. The van der Waals surface area contributed by atoms with Gasteiger partial charge in [-0.25, -0.2) is 0 Å². The van der Waals surface area contributed by atoms with Gasteiger partial charge in [0.2, 0.25) is 5.95 Å². The molecule has 9 nitrogen and oxygen atoms in total. The van der Waals surface area contributed by atoms with Gasteiger partial charge in [0.15, 0.2) is 11.6 Å². The number of benzene rings is 1. The van der Waals surface area contributed by atoms with Crippen LogP contribution in [-0.2, 0) is 17.8 Å². The third-order valence-electron chi connectivity index (χ3n) is 5.18. The number of fused-ring (bicyclic) bond motifs is 1. The van der Waals surface area contributed by atoms with Gasteiger partial charge in [-0.1, -0.05) is 15.9 Å². The summed E-state index contributed by atoms with van der Waals surface area (Å²) in [5.41, 5.74) is 1.92. The molecule has 1 fully saturated rings. The Hall–Kier alpha value is -2.72. The van der Waals surface area contributed by atoms with Gasteiger partial charge in [-0.05, 0) is 25.5 Å². The minimum atomic E-state index is 0.422. The molecule has 0 spiro atoms. The van der Waals surface area contributed by atoms with Gasteiger partial charge in [0.25, 0.3) is 0 Å². The Labute approximate surface area is 175 Å². The van der Waals surface area contributed by atoms with Crippen LogP contribution in [0.4, 0.5) is 11.8 Å². The highest BCUT2D eigenvalue weighted by atomic mass is 79.9. The van der Waals surface area contributed by atoms with Crippen molar-refractivity contribution in [3.05, 3.63) is 35.1 Å². The van der Waals surface area contributed by atoms with Crippen molar-refractivity contribution in [2.75, 3.05) is 18.5 Å². The maximum Gasteiger partial charge on any atom is 0.230 e. The number of aromatic amines is 1. The molecular weight excluding hydrogens is 436 g/mol. The minimum absolute atomic E-state index is 0.422. The number of hydrogen-bond acceptors (Lipinski definition) is 6. The van der Waals surface area contributed by atoms with E-state index in [1.54, 1.807) is 0 Å². The second kappa shape index (κ2) is 7.60. The van der Waals surface area contributed by atoms with Crippen LogP contribution in [0.15, 0.2) is 35.1 Å². The molecule has 0 aliphatic carbocycles. The van der Waals surface area contributed by atoms with Crippen LogP contribution < -0.4 is 5.32 Å². The summed E-state index contributed by atoms with van der Waals surface area (Å²) < 4.78 is 10.5. The summed E-state index contributed by atoms with van der Waals surface area (Å²) in [6.45, 7) is 5.19. The summed E-state index contributed by atoms with van der Waals surface area (Å²) >= 11 is 3.60. The number of halogens is 1. The van der Waals surface area contributed by atoms with Crippen molar-refractivity contribution in [3.63, 3.8) is 0 Å². The van der Waals surface area contributed by atoms with E-state index in [0.29, 0.717) is 11.9 Å². The number of anilines is 2. The highest BCUT2D eigenvalue weighted by Gasteiger charge is 2.23. The van der Waals surface area contributed by atoms with Crippen molar-refractivity contribution in [3.8, 4) is 11.4 Å².